The van der Waals surface area contributed by atoms with Crippen molar-refractivity contribution >= 4 is 95.6 Å². The van der Waals surface area contributed by atoms with Gasteiger partial charge in [-0.15, -0.1) is 0 Å². The Balaban J connectivity index is 0.000000596. The first kappa shape index (κ1) is 107. The fraction of sp³-hybridized carbons (Fsp3) is 0.450. The molecule has 2 heterocycles. The van der Waals surface area contributed by atoms with Crippen LogP contribution in [0.25, 0.3) is 31.6 Å². The molecule has 123 heavy (non-hydrogen) atoms. The van der Waals surface area contributed by atoms with Crippen LogP contribution < -0.4 is 38.4 Å². The maximum Gasteiger partial charge on any atom is 0.333 e. The number of rotatable bonds is 39. The second kappa shape index (κ2) is 56.2. The highest BCUT2D eigenvalue weighted by molar-refractivity contribution is 7.22. The molecule has 7 aromatic carbocycles. The number of ether oxygens (including phenoxy) is 10. The normalized spacial score (nSPS) is 16.3. The van der Waals surface area contributed by atoms with Crippen LogP contribution in [0.2, 0.25) is 0 Å². The van der Waals surface area contributed by atoms with Crippen molar-refractivity contribution in [2.75, 3.05) is 76.7 Å². The Kier molecular flexibility index (Phi) is 48.7. The van der Waals surface area contributed by atoms with Gasteiger partial charge < -0.3 is 47.4 Å². The predicted molar refractivity (Wildman–Crippen MR) is 507 cm³/mol. The molecule has 0 amide bonds. The molecule has 0 aliphatic heterocycles. The lowest BCUT2D eigenvalue weighted by Crippen LogP contribution is -2.30. The number of methoxy groups -OCH3 is 1. The number of fused-ring (bicyclic) bond motifs is 2. The van der Waals surface area contributed by atoms with Crippen molar-refractivity contribution in [3.8, 4) is 45.6 Å². The van der Waals surface area contributed by atoms with Crippen LogP contribution >= 0.6 is 22.7 Å². The first-order valence-electron chi connectivity index (χ1n) is 40.4. The third kappa shape index (κ3) is 32.6. The third-order valence-corrected chi connectivity index (χ3v) is 23.2. The Morgan fingerprint density at radius 1 is 0.472 bits per heavy atom. The third-order valence-electron chi connectivity index (χ3n) is 21.1. The maximum absolute atomic E-state index is 13.7. The number of hydrogen-bond acceptors (Lipinski definition) is 23. The van der Waals surface area contributed by atoms with Crippen LogP contribution in [0.4, 0.5) is 10.3 Å². The Morgan fingerprint density at radius 2 is 0.984 bits per heavy atom. The van der Waals surface area contributed by atoms with E-state index in [1.54, 1.807) is 78.3 Å². The average molecular weight is 1730 g/mol. The highest BCUT2D eigenvalue weighted by atomic mass is 32.1. The van der Waals surface area contributed by atoms with Crippen LogP contribution in [0, 0.1) is 29.6 Å². The van der Waals surface area contributed by atoms with E-state index in [1.165, 1.54) is 36.8 Å². The zero-order chi connectivity index (χ0) is 80.5. The molecular formula is C100H138N6O15S2. The Hall–Kier alpha value is -10.6. The summed E-state index contributed by atoms with van der Waals surface area (Å²) in [5, 5.41) is 15.6. The minimum absolute atomic E-state index is 0. The van der Waals surface area contributed by atoms with Crippen LogP contribution in [-0.2, 0) is 49.3 Å². The molecule has 23 heteroatoms. The molecule has 0 saturated heterocycles. The Labute approximate surface area is 741 Å². The van der Waals surface area contributed by atoms with Crippen LogP contribution in [0.15, 0.2) is 193 Å². The number of unbranched alkanes of at least 4 members (excludes halogenated alkanes) is 3. The van der Waals surface area contributed by atoms with E-state index in [0.717, 1.165) is 148 Å². The summed E-state index contributed by atoms with van der Waals surface area (Å²) in [6.07, 6.45) is 22.6. The molecule has 0 spiro atoms. The number of esters is 5. The van der Waals surface area contributed by atoms with Crippen molar-refractivity contribution in [1.29, 1.82) is 0 Å². The van der Waals surface area contributed by atoms with E-state index in [2.05, 4.69) is 88.5 Å². The summed E-state index contributed by atoms with van der Waals surface area (Å²) in [5.74, 6) is 2.00. The number of hydrogen-bond donors (Lipinski definition) is 0. The van der Waals surface area contributed by atoms with Gasteiger partial charge in [-0.3, -0.25) is 14.4 Å². The molecule has 0 bridgehead atoms. The van der Waals surface area contributed by atoms with E-state index in [4.69, 9.17) is 67.5 Å². The molecule has 3 aliphatic rings. The van der Waals surface area contributed by atoms with Gasteiger partial charge in [0.2, 0.25) is 17.1 Å². The van der Waals surface area contributed by atoms with Gasteiger partial charge in [-0.1, -0.05) is 202 Å². The van der Waals surface area contributed by atoms with E-state index in [-0.39, 0.29) is 115 Å². The smallest absolute Gasteiger partial charge is 0.333 e. The largest absolute Gasteiger partial charge is 0.493 e. The monoisotopic (exact) mass is 1730 g/mol. The first-order chi connectivity index (χ1) is 56.2. The molecule has 0 atom stereocenters. The van der Waals surface area contributed by atoms with E-state index in [0.29, 0.717) is 99.2 Å². The van der Waals surface area contributed by atoms with Crippen LogP contribution in [0.5, 0.6) is 34.5 Å². The molecule has 3 saturated carbocycles. The number of hydrazone groups is 2. The van der Waals surface area contributed by atoms with Gasteiger partial charge in [-0.25, -0.2) is 29.6 Å². The number of anilines is 2. The van der Waals surface area contributed by atoms with Gasteiger partial charge in [-0.2, -0.15) is 10.2 Å². The molecule has 2 aromatic heterocycles. The molecule has 3 fully saturated rings. The fourth-order valence-corrected chi connectivity index (χ4v) is 16.1. The number of para-hydroxylation sites is 2. The SMILES string of the molecule is C.C.C.C.C.C.C.C.C=CC(=O)OCCOc1ccc(OC(=O)C2CCC(C(=O)Oc3ccc(C4CCC(CC)CC4)cc3/C=N/N(CCCCCC)c3nc4ccccc4s3)CC2)cc1.C=CC(=O)OCOc1ccc(OC(=O)C2CCC(COc3ccc(-c4ccc(CC)cc4)c(/C=N/N(CCOCCOC)c4nc5ccccc5s4)c3)CC2)cc1. The zero-order valence-electron chi connectivity index (χ0n) is 66.4. The minimum atomic E-state index is -0.569. The molecular weight excluding hydrogens is 1590 g/mol. The van der Waals surface area contributed by atoms with Crippen molar-refractivity contribution in [2.45, 2.75) is 202 Å². The molecule has 3 aliphatic carbocycles. The topological polar surface area (TPSA) is 235 Å². The van der Waals surface area contributed by atoms with Gasteiger partial charge >= 0.3 is 29.8 Å². The Bertz CT molecular complexity index is 4610. The first-order valence-corrected chi connectivity index (χ1v) is 42.0. The summed E-state index contributed by atoms with van der Waals surface area (Å²) in [6, 6.07) is 50.6. The average Bonchev–Trinajstić information content (AvgIpc) is 1.81. The molecule has 0 N–H and O–H groups in total. The quantitative estimate of drug-likeness (QED) is 0.00662. The highest BCUT2D eigenvalue weighted by Gasteiger charge is 2.34. The van der Waals surface area contributed by atoms with Crippen LogP contribution in [0.3, 0.4) is 0 Å². The molecule has 21 nitrogen and oxygen atoms in total. The summed E-state index contributed by atoms with van der Waals surface area (Å²) in [6.45, 7) is 16.7. The van der Waals surface area contributed by atoms with Crippen LogP contribution in [0.1, 0.15) is 218 Å². The molecule has 0 unspecified atom stereocenters. The van der Waals surface area contributed by atoms with E-state index in [1.807, 2.05) is 77.0 Å². The minimum Gasteiger partial charge on any atom is -0.493 e. The molecule has 12 rings (SSSR count). The summed E-state index contributed by atoms with van der Waals surface area (Å²) in [4.78, 5) is 72.0. The predicted octanol–water partition coefficient (Wildman–Crippen LogP) is 24.8. The van der Waals surface area contributed by atoms with Gasteiger partial charge in [-0.05, 0) is 227 Å². The lowest BCUT2D eigenvalue weighted by molar-refractivity contribution is -0.145. The summed E-state index contributed by atoms with van der Waals surface area (Å²) in [7, 11) is 1.66. The molecule has 0 radical (unpaired) electrons. The van der Waals surface area contributed by atoms with E-state index < -0.39 is 11.9 Å². The van der Waals surface area contributed by atoms with Gasteiger partial charge in [0, 0.05) is 36.9 Å². The second-order valence-electron chi connectivity index (χ2n) is 29.0. The molecule has 670 valence electrons. The maximum atomic E-state index is 13.7. The highest BCUT2D eigenvalue weighted by Crippen LogP contribution is 2.41. The van der Waals surface area contributed by atoms with Gasteiger partial charge in [0.15, 0.2) is 0 Å². The number of nitrogens with zero attached hydrogens (tertiary/aromatic N) is 6. The van der Waals surface area contributed by atoms with Gasteiger partial charge in [0.1, 0.15) is 47.7 Å². The van der Waals surface area contributed by atoms with E-state index in [9.17, 15) is 24.0 Å². The number of carbonyl (C=O) groups excluding carboxylic acids is 5. The fourth-order valence-electron chi connectivity index (χ4n) is 14.3. The van der Waals surface area contributed by atoms with Crippen LogP contribution in [-0.4, -0.2) is 119 Å². The second-order valence-corrected chi connectivity index (χ2v) is 31.0. The summed E-state index contributed by atoms with van der Waals surface area (Å²) < 4.78 is 57.8. The van der Waals surface area contributed by atoms with Crippen molar-refractivity contribution in [3.05, 3.63) is 205 Å². The number of aromatic nitrogens is 2. The summed E-state index contributed by atoms with van der Waals surface area (Å²) >= 11 is 3.23. The standard InChI is InChI=1S/C47H57N3O7S.C45H49N3O8S.8CH4/c1-4-7-8-11-28-50(47-49-41-12-9-10-13-43(41)58-47)48-32-38-31-37(34-16-14-33(5-2)15-17-34)22-27-42(38)57-46(53)36-20-18-35(19-21-36)45(52)56-40-25-23-39(24-26-40)54-29-30-55-44(51)6-3;1-4-32-10-14-34(15-11-32)40-23-22-39(28-36(40)29-46-48(24-25-52-27-26-51-3)45-47-41-8-6-7-9-42(41)57-45)53-30-33-12-16-35(17-13-33)44(50)56-38-20-18-37(19-21-38)54-31-55-43(49)5-2;;;;;;;;/h6,9-10,12-13,22-27,31-36H,3-5,7-8,11,14-21,28-30H2,1-2H3;5-11,14-15,18-23,28-29,33,35H,2,4,12-13,16-17,24-27,30-31H2,1,3H3;8*1H4/b48-32+;46-29+;;;;;;;;. The van der Waals surface area contributed by atoms with E-state index >= 15 is 0 Å². The molecule has 9 aromatic rings. The number of aryl methyl sites for hydroxylation is 1. The van der Waals surface area contributed by atoms with Gasteiger partial charge in [0.05, 0.1) is 83.6 Å². The lowest BCUT2D eigenvalue weighted by Gasteiger charge is -2.28. The van der Waals surface area contributed by atoms with Crippen molar-refractivity contribution in [1.82, 2.24) is 9.97 Å². The number of thiazole rings is 2. The number of carbonyl (C=O) groups is 5. The van der Waals surface area contributed by atoms with Crippen molar-refractivity contribution in [2.24, 2.45) is 39.8 Å². The number of benzene rings is 7. The zero-order valence-corrected chi connectivity index (χ0v) is 68.0. The lowest BCUT2D eigenvalue weighted by atomic mass is 9.77. The van der Waals surface area contributed by atoms with Gasteiger partial charge in [0.25, 0.3) is 0 Å². The van der Waals surface area contributed by atoms with Crippen molar-refractivity contribution in [3.63, 3.8) is 0 Å². The van der Waals surface area contributed by atoms with Crippen molar-refractivity contribution < 1.29 is 71.3 Å². The Morgan fingerprint density at radius 3 is 1.53 bits per heavy atom. The summed E-state index contributed by atoms with van der Waals surface area (Å²) in [5.41, 5.74) is 8.27.